The Labute approximate surface area is 130 Å². The van der Waals surface area contributed by atoms with Gasteiger partial charge in [0.15, 0.2) is 0 Å². The summed E-state index contributed by atoms with van der Waals surface area (Å²) in [5.74, 6) is 0. The smallest absolute Gasteiger partial charge is 0.0487 e. The molecule has 0 aliphatic rings. The van der Waals surface area contributed by atoms with Crippen molar-refractivity contribution in [3.63, 3.8) is 0 Å². The van der Waals surface area contributed by atoms with Gasteiger partial charge in [0.1, 0.15) is 0 Å². The molecule has 0 saturated heterocycles. The van der Waals surface area contributed by atoms with Crippen molar-refractivity contribution < 1.29 is 0 Å². The number of halogens is 3. The highest BCUT2D eigenvalue weighted by Gasteiger charge is 2.12. The van der Waals surface area contributed by atoms with Crippen LogP contribution in [0.5, 0.6) is 0 Å². The first-order chi connectivity index (χ1) is 8.54. The Hall–Kier alpha value is -0.310. The van der Waals surface area contributed by atoms with E-state index in [0.717, 1.165) is 37.1 Å². The number of hydrogen-bond donors (Lipinski definition) is 0. The zero-order valence-electron chi connectivity index (χ0n) is 10.2. The molecule has 0 nitrogen and oxygen atoms in total. The van der Waals surface area contributed by atoms with Crippen LogP contribution >= 0.6 is 43.5 Å². The standard InChI is InChI=1S/C15H12Br2Cl/c1-3-10-4-5-11(14(18)8-10)15-9(2)12(16)6-7-13(15)17/h4-6,8H,3H2,1-2H3. The molecule has 0 aromatic heterocycles. The summed E-state index contributed by atoms with van der Waals surface area (Å²) in [6.45, 7) is 4.20. The molecule has 2 aromatic carbocycles. The van der Waals surface area contributed by atoms with Gasteiger partial charge in [0.2, 0.25) is 0 Å². The summed E-state index contributed by atoms with van der Waals surface area (Å²) in [5.41, 5.74) is 4.54. The summed E-state index contributed by atoms with van der Waals surface area (Å²) in [6, 6.07) is 11.3. The molecular weight excluding hydrogens is 375 g/mol. The van der Waals surface area contributed by atoms with E-state index in [1.54, 1.807) is 0 Å². The average Bonchev–Trinajstić information content (AvgIpc) is 2.36. The summed E-state index contributed by atoms with van der Waals surface area (Å²) < 4.78 is 1.98. The Bertz CT molecular complexity index is 591. The molecule has 18 heavy (non-hydrogen) atoms. The van der Waals surface area contributed by atoms with Crippen LogP contribution in [-0.2, 0) is 6.42 Å². The van der Waals surface area contributed by atoms with Crippen LogP contribution in [0.1, 0.15) is 18.1 Å². The van der Waals surface area contributed by atoms with Gasteiger partial charge in [0.05, 0.1) is 0 Å². The number of benzene rings is 2. The van der Waals surface area contributed by atoms with Crippen LogP contribution in [0, 0.1) is 13.0 Å². The highest BCUT2D eigenvalue weighted by atomic mass is 79.9. The second-order valence-corrected chi connectivity index (χ2v) is 6.17. The summed E-state index contributed by atoms with van der Waals surface area (Å²) >= 11 is 13.5. The first-order valence-corrected chi connectivity index (χ1v) is 7.66. The topological polar surface area (TPSA) is 0 Å². The highest BCUT2D eigenvalue weighted by Crippen LogP contribution is 2.38. The lowest BCUT2D eigenvalue weighted by molar-refractivity contribution is 1.14. The van der Waals surface area contributed by atoms with E-state index in [2.05, 4.69) is 63.9 Å². The fourth-order valence-corrected chi connectivity index (χ4v) is 3.13. The van der Waals surface area contributed by atoms with Gasteiger partial charge in [-0.05, 0) is 58.6 Å². The van der Waals surface area contributed by atoms with Crippen molar-refractivity contribution in [1.29, 1.82) is 0 Å². The lowest BCUT2D eigenvalue weighted by Crippen LogP contribution is -1.90. The SMILES string of the molecule is CCc1ccc(-c2c(Br)[c]cc(Br)c2C)c(Cl)c1. The Balaban J connectivity index is 2.66. The van der Waals surface area contributed by atoms with Crippen LogP contribution < -0.4 is 0 Å². The molecule has 2 aromatic rings. The summed E-state index contributed by atoms with van der Waals surface area (Å²) in [5, 5.41) is 0.782. The molecule has 2 rings (SSSR count). The van der Waals surface area contributed by atoms with E-state index >= 15 is 0 Å². The molecule has 0 aliphatic heterocycles. The Morgan fingerprint density at radius 2 is 2.00 bits per heavy atom. The number of aryl methyl sites for hydroxylation is 1. The normalized spacial score (nSPS) is 10.7. The second kappa shape index (κ2) is 5.77. The fraction of sp³-hybridized carbons (Fsp3) is 0.200. The predicted octanol–water partition coefficient (Wildman–Crippen LogP) is 6.20. The average molecular weight is 388 g/mol. The van der Waals surface area contributed by atoms with Gasteiger partial charge in [-0.1, -0.05) is 46.6 Å². The van der Waals surface area contributed by atoms with Crippen LogP contribution in [0.4, 0.5) is 0 Å². The van der Waals surface area contributed by atoms with Gasteiger partial charge in [-0.3, -0.25) is 0 Å². The molecule has 0 bridgehead atoms. The maximum absolute atomic E-state index is 6.39. The third-order valence-corrected chi connectivity index (χ3v) is 4.75. The van der Waals surface area contributed by atoms with Crippen molar-refractivity contribution in [3.8, 4) is 11.1 Å². The van der Waals surface area contributed by atoms with E-state index in [-0.39, 0.29) is 0 Å². The molecular formula is C15H12Br2Cl. The lowest BCUT2D eigenvalue weighted by Gasteiger charge is -2.13. The van der Waals surface area contributed by atoms with Gasteiger partial charge < -0.3 is 0 Å². The van der Waals surface area contributed by atoms with Crippen LogP contribution in [-0.4, -0.2) is 0 Å². The van der Waals surface area contributed by atoms with E-state index in [1.807, 2.05) is 12.1 Å². The lowest BCUT2D eigenvalue weighted by atomic mass is 9.99. The van der Waals surface area contributed by atoms with Crippen LogP contribution in [0.15, 0.2) is 33.2 Å². The first kappa shape index (κ1) is 14.1. The van der Waals surface area contributed by atoms with Crippen LogP contribution in [0.2, 0.25) is 5.02 Å². The fourth-order valence-electron chi connectivity index (χ4n) is 1.89. The number of hydrogen-bond acceptors (Lipinski definition) is 0. The van der Waals surface area contributed by atoms with Crippen molar-refractivity contribution >= 4 is 43.5 Å². The summed E-state index contributed by atoms with van der Waals surface area (Å²) in [6.07, 6.45) is 0.991. The minimum atomic E-state index is 0.782. The Morgan fingerprint density at radius 3 is 2.61 bits per heavy atom. The van der Waals surface area contributed by atoms with Gasteiger partial charge in [-0.2, -0.15) is 0 Å². The summed E-state index contributed by atoms with van der Waals surface area (Å²) in [4.78, 5) is 0. The Morgan fingerprint density at radius 1 is 1.28 bits per heavy atom. The quantitative estimate of drug-likeness (QED) is 0.575. The summed E-state index contributed by atoms with van der Waals surface area (Å²) in [7, 11) is 0. The first-order valence-electron chi connectivity index (χ1n) is 5.69. The zero-order chi connectivity index (χ0) is 13.3. The second-order valence-electron chi connectivity index (χ2n) is 4.12. The molecule has 0 heterocycles. The van der Waals surface area contributed by atoms with Gasteiger partial charge in [0.25, 0.3) is 0 Å². The third kappa shape index (κ3) is 2.66. The highest BCUT2D eigenvalue weighted by molar-refractivity contribution is 9.11. The van der Waals surface area contributed by atoms with Gasteiger partial charge in [-0.15, -0.1) is 0 Å². The monoisotopic (exact) mass is 385 g/mol. The van der Waals surface area contributed by atoms with Crippen molar-refractivity contribution in [1.82, 2.24) is 0 Å². The van der Waals surface area contributed by atoms with E-state index in [0.29, 0.717) is 0 Å². The molecule has 0 unspecified atom stereocenters. The predicted molar refractivity (Wildman–Crippen MR) is 85.2 cm³/mol. The molecule has 0 spiro atoms. The molecule has 0 amide bonds. The number of rotatable bonds is 2. The molecule has 3 heteroatoms. The minimum Gasteiger partial charge on any atom is -0.0837 e. The molecule has 0 aliphatic carbocycles. The third-order valence-electron chi connectivity index (χ3n) is 2.99. The Kier molecular flexibility index (Phi) is 4.52. The molecule has 0 N–H and O–H groups in total. The van der Waals surface area contributed by atoms with Crippen molar-refractivity contribution in [2.24, 2.45) is 0 Å². The largest absolute Gasteiger partial charge is 0.0837 e. The van der Waals surface area contributed by atoms with Crippen molar-refractivity contribution in [2.75, 3.05) is 0 Å². The molecule has 1 radical (unpaired) electrons. The van der Waals surface area contributed by atoms with E-state index < -0.39 is 0 Å². The van der Waals surface area contributed by atoms with E-state index in [4.69, 9.17) is 11.6 Å². The van der Waals surface area contributed by atoms with E-state index in [9.17, 15) is 0 Å². The molecule has 93 valence electrons. The molecule has 0 fully saturated rings. The zero-order valence-corrected chi connectivity index (χ0v) is 14.1. The van der Waals surface area contributed by atoms with Gasteiger partial charge in [0, 0.05) is 25.1 Å². The van der Waals surface area contributed by atoms with Crippen LogP contribution in [0.3, 0.4) is 0 Å². The minimum absolute atomic E-state index is 0.782. The maximum Gasteiger partial charge on any atom is 0.0487 e. The van der Waals surface area contributed by atoms with E-state index in [1.165, 1.54) is 5.56 Å². The van der Waals surface area contributed by atoms with Crippen molar-refractivity contribution in [2.45, 2.75) is 20.3 Å². The molecule has 0 saturated carbocycles. The van der Waals surface area contributed by atoms with Gasteiger partial charge >= 0.3 is 0 Å². The maximum atomic E-state index is 6.39. The van der Waals surface area contributed by atoms with Gasteiger partial charge in [-0.25, -0.2) is 0 Å². The van der Waals surface area contributed by atoms with Crippen molar-refractivity contribution in [3.05, 3.63) is 55.4 Å². The van der Waals surface area contributed by atoms with Crippen LogP contribution in [0.25, 0.3) is 11.1 Å². The molecule has 0 atom stereocenters.